The molecule has 3 rings (SSSR count). The monoisotopic (exact) mass is 794 g/mol. The standard InChI is InChI=1S/C17H30O5S.C13H23NO2.C6H15N.C3H6O3S/c18-17(22-16-12-8-4-3-5-9-13-16)14-10-6-1-2-7-11-15-23(19,20)21;14-11-7-6-10-13(15)16-12-8-4-2-1-3-5-9-12;1-4-7(5-2)6-3;4-7(5)3-1-2-6-7/h3-4,16H,1-2,5-15H2,(H,19,20,21);1-2,12H,3-11,14H2;4-6H2,1-3H3;1-3H2/b4-3+;2-1+;;. The highest BCUT2D eigenvalue weighted by Crippen LogP contribution is 2.18. The molecule has 0 amide bonds. The van der Waals surface area contributed by atoms with Crippen LogP contribution in [0.25, 0.3) is 0 Å². The zero-order chi connectivity index (χ0) is 39.6. The lowest BCUT2D eigenvalue weighted by Crippen LogP contribution is -2.21. The number of allylic oxidation sites excluding steroid dienone is 4. The zero-order valence-electron chi connectivity index (χ0n) is 33.2. The van der Waals surface area contributed by atoms with Crippen molar-refractivity contribution in [3.05, 3.63) is 24.3 Å². The summed E-state index contributed by atoms with van der Waals surface area (Å²) in [5.41, 5.74) is 5.38. The van der Waals surface area contributed by atoms with E-state index in [0.29, 0.717) is 38.8 Å². The molecule has 3 aliphatic rings. The van der Waals surface area contributed by atoms with Gasteiger partial charge in [-0.15, -0.1) is 0 Å². The number of nitrogens with zero attached hydrogens (tertiary/aromatic N) is 1. The number of ether oxygens (including phenoxy) is 2. The highest BCUT2D eigenvalue weighted by molar-refractivity contribution is 7.86. The molecule has 0 aromatic rings. The Bertz CT molecular complexity index is 1170. The number of hydrogen-bond acceptors (Lipinski definition) is 11. The normalized spacial score (nSPS) is 20.9. The predicted molar refractivity (Wildman–Crippen MR) is 214 cm³/mol. The van der Waals surface area contributed by atoms with E-state index in [4.69, 9.17) is 19.8 Å². The molecule has 1 fully saturated rings. The summed E-state index contributed by atoms with van der Waals surface area (Å²) >= 11 is 0. The van der Waals surface area contributed by atoms with E-state index in [1.807, 2.05) is 0 Å². The van der Waals surface area contributed by atoms with Crippen LogP contribution < -0.4 is 5.73 Å². The van der Waals surface area contributed by atoms with Gasteiger partial charge in [0.25, 0.3) is 20.2 Å². The van der Waals surface area contributed by atoms with Crippen LogP contribution in [0.1, 0.15) is 156 Å². The van der Waals surface area contributed by atoms with Crippen LogP contribution in [0.3, 0.4) is 0 Å². The highest BCUT2D eigenvalue weighted by Gasteiger charge is 2.17. The molecule has 3 N–H and O–H groups in total. The molecule has 1 aliphatic heterocycles. The molecule has 1 heterocycles. The van der Waals surface area contributed by atoms with E-state index in [1.54, 1.807) is 0 Å². The van der Waals surface area contributed by atoms with Crippen LogP contribution in [0.4, 0.5) is 0 Å². The summed E-state index contributed by atoms with van der Waals surface area (Å²) in [5, 5.41) is 0. The lowest BCUT2D eigenvalue weighted by molar-refractivity contribution is -0.150. The van der Waals surface area contributed by atoms with Gasteiger partial charge in [-0.25, -0.2) is 0 Å². The van der Waals surface area contributed by atoms with Gasteiger partial charge in [-0.1, -0.05) is 70.8 Å². The molecule has 0 aromatic carbocycles. The average molecular weight is 795 g/mol. The first-order valence-corrected chi connectivity index (χ1v) is 23.5. The maximum absolute atomic E-state index is 11.8. The highest BCUT2D eigenvalue weighted by atomic mass is 32.2. The third kappa shape index (κ3) is 34.4. The molecule has 0 radical (unpaired) electrons. The Morgan fingerprint density at radius 2 is 1.17 bits per heavy atom. The summed E-state index contributed by atoms with van der Waals surface area (Å²) < 4.78 is 65.4. The summed E-state index contributed by atoms with van der Waals surface area (Å²) in [6, 6.07) is 0. The second-order valence-electron chi connectivity index (χ2n) is 13.6. The Morgan fingerprint density at radius 3 is 1.55 bits per heavy atom. The summed E-state index contributed by atoms with van der Waals surface area (Å²) in [6.45, 7) is 11.2. The van der Waals surface area contributed by atoms with Crippen molar-refractivity contribution in [1.29, 1.82) is 0 Å². The molecule has 53 heavy (non-hydrogen) atoms. The minimum atomic E-state index is -3.82. The van der Waals surface area contributed by atoms with Gasteiger partial charge in [0.2, 0.25) is 0 Å². The molecule has 2 atom stereocenters. The van der Waals surface area contributed by atoms with E-state index < -0.39 is 20.2 Å². The van der Waals surface area contributed by atoms with Crippen LogP contribution in [-0.2, 0) is 43.5 Å². The Kier molecular flexibility index (Phi) is 32.3. The minimum absolute atomic E-state index is 0.0528. The van der Waals surface area contributed by atoms with Crippen LogP contribution in [0.2, 0.25) is 0 Å². The Morgan fingerprint density at radius 1 is 0.717 bits per heavy atom. The molecule has 0 spiro atoms. The summed E-state index contributed by atoms with van der Waals surface area (Å²) in [7, 11) is -6.86. The minimum Gasteiger partial charge on any atom is -0.462 e. The Hall–Kier alpha value is -1.84. The average Bonchev–Trinajstić information content (AvgIpc) is 3.49. The maximum Gasteiger partial charge on any atom is 0.306 e. The summed E-state index contributed by atoms with van der Waals surface area (Å²) in [6.07, 6.45) is 27.6. The second-order valence-corrected chi connectivity index (χ2v) is 17.0. The third-order valence-electron chi connectivity index (χ3n) is 9.05. The lowest BCUT2D eigenvalue weighted by atomic mass is 10.0. The van der Waals surface area contributed by atoms with Gasteiger partial charge in [0.1, 0.15) is 12.2 Å². The van der Waals surface area contributed by atoms with E-state index in [0.717, 1.165) is 109 Å². The van der Waals surface area contributed by atoms with E-state index in [1.165, 1.54) is 19.6 Å². The first-order chi connectivity index (χ1) is 25.4. The number of hydrogen-bond donors (Lipinski definition) is 2. The van der Waals surface area contributed by atoms with Crippen molar-refractivity contribution in [2.45, 2.75) is 168 Å². The SMILES string of the molecule is CCN(CC)CC.NCCCCC(=O)OC1CC/C=C/CCC1.O=C(CCCCCCCCS(=O)(=O)O)OC1CC/C=C/CCC1.O=S1(=O)CCCO1. The van der Waals surface area contributed by atoms with Gasteiger partial charge in [0.15, 0.2) is 0 Å². The molecule has 12 nitrogen and oxygen atoms in total. The first kappa shape index (κ1) is 51.2. The largest absolute Gasteiger partial charge is 0.462 e. The van der Waals surface area contributed by atoms with Crippen LogP contribution in [0.15, 0.2) is 24.3 Å². The van der Waals surface area contributed by atoms with Crippen molar-refractivity contribution in [1.82, 2.24) is 4.90 Å². The molecule has 0 saturated carbocycles. The van der Waals surface area contributed by atoms with Crippen molar-refractivity contribution < 1.29 is 44.6 Å². The number of nitrogens with two attached hydrogens (primary N) is 1. The van der Waals surface area contributed by atoms with Crippen LogP contribution in [0, 0.1) is 0 Å². The van der Waals surface area contributed by atoms with Crippen LogP contribution in [-0.4, -0.2) is 94.7 Å². The Balaban J connectivity index is 0.000000770. The van der Waals surface area contributed by atoms with Gasteiger partial charge >= 0.3 is 11.9 Å². The quantitative estimate of drug-likeness (QED) is 0.0455. The van der Waals surface area contributed by atoms with Gasteiger partial charge in [-0.3, -0.25) is 18.3 Å². The van der Waals surface area contributed by atoms with Gasteiger partial charge in [0, 0.05) is 12.8 Å². The molecule has 0 aromatic heterocycles. The molecule has 312 valence electrons. The number of unbranched alkanes of at least 4 members (excludes halogenated alkanes) is 6. The zero-order valence-corrected chi connectivity index (χ0v) is 34.9. The fourth-order valence-corrected chi connectivity index (χ4v) is 7.33. The number of esters is 2. The van der Waals surface area contributed by atoms with Crippen molar-refractivity contribution in [3.63, 3.8) is 0 Å². The first-order valence-electron chi connectivity index (χ1n) is 20.3. The van der Waals surface area contributed by atoms with Gasteiger partial charge in [0.05, 0.1) is 18.1 Å². The van der Waals surface area contributed by atoms with Crippen molar-refractivity contribution in [2.75, 3.05) is 44.3 Å². The van der Waals surface area contributed by atoms with E-state index >= 15 is 0 Å². The molecule has 0 bridgehead atoms. The summed E-state index contributed by atoms with van der Waals surface area (Å²) in [5.74, 6) is -0.1000. The molecular weight excluding hydrogens is 721 g/mol. The number of carbonyl (C=O) groups excluding carboxylic acids is 2. The molecule has 2 aliphatic carbocycles. The van der Waals surface area contributed by atoms with E-state index in [-0.39, 0.29) is 35.7 Å². The second kappa shape index (κ2) is 33.5. The fraction of sp³-hybridized carbons (Fsp3) is 0.846. The smallest absolute Gasteiger partial charge is 0.306 e. The Labute approximate surface area is 322 Å². The fourth-order valence-electron chi connectivity index (χ4n) is 5.80. The summed E-state index contributed by atoms with van der Waals surface area (Å²) in [4.78, 5) is 25.7. The number of rotatable bonds is 18. The third-order valence-corrected chi connectivity index (χ3v) is 11.2. The van der Waals surface area contributed by atoms with Gasteiger partial charge in [-0.05, 0) is 122 Å². The van der Waals surface area contributed by atoms with Gasteiger partial charge < -0.3 is 20.1 Å². The molecular formula is C39H74N2O10S2. The molecule has 1 saturated heterocycles. The maximum atomic E-state index is 11.8. The van der Waals surface area contributed by atoms with Crippen molar-refractivity contribution in [2.24, 2.45) is 5.73 Å². The van der Waals surface area contributed by atoms with Gasteiger partial charge in [-0.2, -0.15) is 16.8 Å². The van der Waals surface area contributed by atoms with Crippen molar-refractivity contribution >= 4 is 32.2 Å². The van der Waals surface area contributed by atoms with E-state index in [9.17, 15) is 26.4 Å². The van der Waals surface area contributed by atoms with Crippen LogP contribution in [0.5, 0.6) is 0 Å². The van der Waals surface area contributed by atoms with E-state index in [2.05, 4.69) is 54.2 Å². The van der Waals surface area contributed by atoms with Crippen LogP contribution >= 0.6 is 0 Å². The topological polar surface area (TPSA) is 180 Å². The number of carbonyl (C=O) groups is 2. The predicted octanol–water partition coefficient (Wildman–Crippen LogP) is 7.67. The van der Waals surface area contributed by atoms with Crippen molar-refractivity contribution in [3.8, 4) is 0 Å². The molecule has 2 unspecified atom stereocenters. The molecule has 14 heteroatoms. The lowest BCUT2D eigenvalue weighted by Gasteiger charge is -2.18.